The van der Waals surface area contributed by atoms with E-state index in [0.29, 0.717) is 11.4 Å². The minimum Gasteiger partial charge on any atom is -0.345 e. The molecule has 24 heavy (non-hydrogen) atoms. The summed E-state index contributed by atoms with van der Waals surface area (Å²) in [4.78, 5) is 17.8. The second-order valence-electron chi connectivity index (χ2n) is 5.86. The van der Waals surface area contributed by atoms with Gasteiger partial charge in [-0.3, -0.25) is 4.79 Å². The molecule has 1 amide bonds. The third kappa shape index (κ3) is 3.98. The fraction of sp³-hybridized carbons (Fsp3) is 0.500. The minimum absolute atomic E-state index is 0.255. The van der Waals surface area contributed by atoms with Crippen molar-refractivity contribution in [1.29, 1.82) is 0 Å². The van der Waals surface area contributed by atoms with E-state index in [2.05, 4.69) is 10.3 Å². The van der Waals surface area contributed by atoms with Crippen LogP contribution in [0.1, 0.15) is 50.3 Å². The summed E-state index contributed by atoms with van der Waals surface area (Å²) in [6.45, 7) is 7.60. The molecule has 0 fully saturated rings. The highest BCUT2D eigenvalue weighted by atomic mass is 32.1. The first-order valence-corrected chi connectivity index (χ1v) is 8.29. The maximum absolute atomic E-state index is 12.7. The molecule has 0 saturated carbocycles. The molecule has 0 radical (unpaired) electrons. The Morgan fingerprint density at radius 1 is 1.33 bits per heavy atom. The molecule has 0 bridgehead atoms. The van der Waals surface area contributed by atoms with Crippen molar-refractivity contribution < 1.29 is 18.0 Å². The Labute approximate surface area is 142 Å². The lowest BCUT2D eigenvalue weighted by Crippen LogP contribution is -2.27. The number of nitrogens with zero attached hydrogens (tertiary/aromatic N) is 2. The van der Waals surface area contributed by atoms with Crippen LogP contribution in [0, 0.1) is 27.7 Å². The van der Waals surface area contributed by atoms with Gasteiger partial charge in [-0.15, -0.1) is 11.3 Å². The van der Waals surface area contributed by atoms with Gasteiger partial charge >= 0.3 is 6.18 Å². The molecular formula is C16H20F3N3OS. The molecule has 0 spiro atoms. The summed E-state index contributed by atoms with van der Waals surface area (Å²) >= 11 is 1.50. The fourth-order valence-electron chi connectivity index (χ4n) is 2.74. The number of carbonyl (C=O) groups excluding carboxylic acids is 1. The largest absolute Gasteiger partial charge is 0.406 e. The molecule has 1 N–H and O–H groups in total. The first-order valence-electron chi connectivity index (χ1n) is 7.48. The molecule has 0 aliphatic carbocycles. The van der Waals surface area contributed by atoms with Crippen molar-refractivity contribution >= 4 is 17.2 Å². The Hall–Kier alpha value is -1.83. The third-order valence-electron chi connectivity index (χ3n) is 3.84. The minimum atomic E-state index is -4.33. The number of nitrogens with one attached hydrogen (secondary N) is 1. The number of hydrogen-bond acceptors (Lipinski definition) is 3. The second-order valence-corrected chi connectivity index (χ2v) is 7.10. The molecule has 2 rings (SSSR count). The van der Waals surface area contributed by atoms with E-state index in [-0.39, 0.29) is 17.5 Å². The lowest BCUT2D eigenvalue weighted by molar-refractivity contribution is -0.141. The number of amides is 1. The van der Waals surface area contributed by atoms with Crippen LogP contribution in [0.25, 0.3) is 0 Å². The molecule has 2 aromatic heterocycles. The zero-order chi connectivity index (χ0) is 18.2. The number of alkyl halides is 3. The van der Waals surface area contributed by atoms with Crippen molar-refractivity contribution in [1.82, 2.24) is 14.9 Å². The van der Waals surface area contributed by atoms with Crippen molar-refractivity contribution in [2.24, 2.45) is 0 Å². The quantitative estimate of drug-likeness (QED) is 0.888. The van der Waals surface area contributed by atoms with Gasteiger partial charge in [0.25, 0.3) is 5.91 Å². The van der Waals surface area contributed by atoms with E-state index in [4.69, 9.17) is 0 Å². The first-order chi connectivity index (χ1) is 11.0. The van der Waals surface area contributed by atoms with Crippen LogP contribution < -0.4 is 5.32 Å². The molecule has 8 heteroatoms. The average molecular weight is 359 g/mol. The van der Waals surface area contributed by atoms with E-state index in [0.717, 1.165) is 20.1 Å². The molecule has 2 aromatic rings. The van der Waals surface area contributed by atoms with Crippen molar-refractivity contribution in [3.05, 3.63) is 38.6 Å². The number of aryl methyl sites for hydroxylation is 3. The second kappa shape index (κ2) is 6.58. The van der Waals surface area contributed by atoms with Gasteiger partial charge in [-0.2, -0.15) is 13.2 Å². The molecule has 0 aromatic carbocycles. The Kier molecular flexibility index (Phi) is 5.08. The number of thiazole rings is 1. The van der Waals surface area contributed by atoms with Crippen molar-refractivity contribution in [3.8, 4) is 0 Å². The Morgan fingerprint density at radius 3 is 2.46 bits per heavy atom. The highest BCUT2D eigenvalue weighted by Crippen LogP contribution is 2.26. The van der Waals surface area contributed by atoms with Gasteiger partial charge < -0.3 is 9.88 Å². The van der Waals surface area contributed by atoms with E-state index < -0.39 is 12.7 Å². The summed E-state index contributed by atoms with van der Waals surface area (Å²) < 4.78 is 39.1. The normalized spacial score (nSPS) is 13.2. The standard InChI is InChI=1S/C16H20F3N3OS/c1-8-6-13(11(4)22(8)7-16(17,18)19)15(23)21-10(3)14-9(2)20-12(5)24-14/h6,10H,7H2,1-5H3,(H,21,23)/t10-/m0/s1. The van der Waals surface area contributed by atoms with Gasteiger partial charge in [-0.25, -0.2) is 4.98 Å². The van der Waals surface area contributed by atoms with Crippen molar-refractivity contribution in [3.63, 3.8) is 0 Å². The third-order valence-corrected chi connectivity index (χ3v) is 5.09. The highest BCUT2D eigenvalue weighted by Gasteiger charge is 2.30. The molecule has 4 nitrogen and oxygen atoms in total. The van der Waals surface area contributed by atoms with E-state index >= 15 is 0 Å². The van der Waals surface area contributed by atoms with Crippen molar-refractivity contribution in [2.75, 3.05) is 0 Å². The van der Waals surface area contributed by atoms with Gasteiger partial charge in [0.05, 0.1) is 22.3 Å². The van der Waals surface area contributed by atoms with Crippen LogP contribution in [-0.4, -0.2) is 21.6 Å². The predicted octanol–water partition coefficient (Wildman–Crippen LogP) is 4.23. The van der Waals surface area contributed by atoms with Crippen LogP contribution in [0.2, 0.25) is 0 Å². The summed E-state index contributed by atoms with van der Waals surface area (Å²) in [6.07, 6.45) is -4.33. The first kappa shape index (κ1) is 18.5. The van der Waals surface area contributed by atoms with Gasteiger partial charge in [-0.1, -0.05) is 0 Å². The lowest BCUT2D eigenvalue weighted by atomic mass is 10.2. The van der Waals surface area contributed by atoms with Crippen LogP contribution in [0.4, 0.5) is 13.2 Å². The van der Waals surface area contributed by atoms with Gasteiger partial charge in [0.2, 0.25) is 0 Å². The molecule has 0 unspecified atom stereocenters. The zero-order valence-corrected chi connectivity index (χ0v) is 15.0. The number of halogens is 3. The van der Waals surface area contributed by atoms with Crippen molar-refractivity contribution in [2.45, 2.75) is 53.4 Å². The van der Waals surface area contributed by atoms with Gasteiger partial charge in [0, 0.05) is 16.3 Å². The summed E-state index contributed by atoms with van der Waals surface area (Å²) in [5, 5.41) is 3.76. The molecule has 0 saturated heterocycles. The maximum Gasteiger partial charge on any atom is 0.406 e. The summed E-state index contributed by atoms with van der Waals surface area (Å²) in [7, 11) is 0. The van der Waals surface area contributed by atoms with Gasteiger partial charge in [0.1, 0.15) is 6.54 Å². The van der Waals surface area contributed by atoms with Crippen LogP contribution in [0.5, 0.6) is 0 Å². The predicted molar refractivity (Wildman–Crippen MR) is 87.4 cm³/mol. The number of rotatable bonds is 4. The van der Waals surface area contributed by atoms with Gasteiger partial charge in [-0.05, 0) is 40.7 Å². The van der Waals surface area contributed by atoms with Crippen LogP contribution in [-0.2, 0) is 6.54 Å². The summed E-state index contributed by atoms with van der Waals surface area (Å²) in [6, 6.07) is 1.24. The van der Waals surface area contributed by atoms with Crippen LogP contribution >= 0.6 is 11.3 Å². The molecule has 132 valence electrons. The summed E-state index contributed by atoms with van der Waals surface area (Å²) in [5.74, 6) is -0.380. The van der Waals surface area contributed by atoms with E-state index in [1.807, 2.05) is 20.8 Å². The Balaban J connectivity index is 2.21. The SMILES string of the molecule is Cc1nc(C)c([C@H](C)NC(=O)c2cc(C)n(CC(F)(F)F)c2C)s1. The Morgan fingerprint density at radius 2 is 1.96 bits per heavy atom. The van der Waals surface area contributed by atoms with Crippen LogP contribution in [0.15, 0.2) is 6.07 Å². The van der Waals surface area contributed by atoms with Crippen LogP contribution in [0.3, 0.4) is 0 Å². The van der Waals surface area contributed by atoms with E-state index in [1.165, 1.54) is 24.3 Å². The molecule has 0 aliphatic rings. The number of hydrogen-bond donors (Lipinski definition) is 1. The smallest absolute Gasteiger partial charge is 0.345 e. The zero-order valence-electron chi connectivity index (χ0n) is 14.2. The van der Waals surface area contributed by atoms with E-state index in [1.54, 1.807) is 6.92 Å². The lowest BCUT2D eigenvalue weighted by Gasteiger charge is -2.14. The molecule has 2 heterocycles. The average Bonchev–Trinajstić information content (AvgIpc) is 2.91. The number of aromatic nitrogens is 2. The maximum atomic E-state index is 12.7. The molecular weight excluding hydrogens is 339 g/mol. The molecule has 0 aliphatic heterocycles. The fourth-order valence-corrected chi connectivity index (χ4v) is 3.67. The highest BCUT2D eigenvalue weighted by molar-refractivity contribution is 7.11. The topological polar surface area (TPSA) is 46.9 Å². The Bertz CT molecular complexity index is 761. The summed E-state index contributed by atoms with van der Waals surface area (Å²) in [5.41, 5.74) is 1.84. The van der Waals surface area contributed by atoms with Gasteiger partial charge in [0.15, 0.2) is 0 Å². The molecule has 1 atom stereocenters. The number of carbonyl (C=O) groups is 1. The monoisotopic (exact) mass is 359 g/mol. The van der Waals surface area contributed by atoms with E-state index in [9.17, 15) is 18.0 Å².